The first kappa shape index (κ1) is 57.3. The van der Waals surface area contributed by atoms with Crippen LogP contribution in [0.2, 0.25) is 10.0 Å². The minimum Gasteiger partial charge on any atom is -0.410 e. The molecule has 0 saturated carbocycles. The van der Waals surface area contributed by atoms with Gasteiger partial charge in [-0.15, -0.1) is 12.4 Å². The number of aliphatic hydroxyl groups is 2. The average Bonchev–Trinajstić information content (AvgIpc) is 3.97. The summed E-state index contributed by atoms with van der Waals surface area (Å²) in [5.74, 6) is -0.731. The monoisotopic (exact) mass is 1070 g/mol. The van der Waals surface area contributed by atoms with Gasteiger partial charge in [-0.1, -0.05) is 113 Å². The van der Waals surface area contributed by atoms with Gasteiger partial charge in [-0.25, -0.2) is 22.9 Å². The maximum atomic E-state index is 14.5. The summed E-state index contributed by atoms with van der Waals surface area (Å²) in [6.45, 7) is 13.4. The van der Waals surface area contributed by atoms with Crippen molar-refractivity contribution in [3.63, 3.8) is 0 Å². The van der Waals surface area contributed by atoms with Gasteiger partial charge in [-0.05, 0) is 90.8 Å². The van der Waals surface area contributed by atoms with Gasteiger partial charge in [0.15, 0.2) is 0 Å². The molecule has 1 amide bonds. The molecule has 18 heteroatoms. The number of hydrogen-bond donors (Lipinski definition) is 4. The maximum absolute atomic E-state index is 14.5. The molecule has 5 N–H and O–H groups in total. The van der Waals surface area contributed by atoms with E-state index in [9.17, 15) is 28.6 Å². The van der Waals surface area contributed by atoms with Crippen LogP contribution in [0.25, 0.3) is 11.4 Å². The number of ketones is 1. The minimum atomic E-state index is -1.28. The molecule has 7 aromatic rings. The van der Waals surface area contributed by atoms with Crippen molar-refractivity contribution >= 4 is 53.2 Å². The van der Waals surface area contributed by atoms with Gasteiger partial charge in [-0.3, -0.25) is 10.1 Å². The molecule has 2 aliphatic rings. The molecule has 9 rings (SSSR count). The number of carbonyl (C=O) groups excluding carboxylic acids is 2. The number of nitrogens with two attached hydrogens (primary N) is 1. The zero-order chi connectivity index (χ0) is 52.7. The molecule has 0 bridgehead atoms. The first-order valence-corrected chi connectivity index (χ1v) is 24.4. The molecule has 0 radical (unpaired) electrons. The second kappa shape index (κ2) is 24.1. The molecule has 5 aromatic carbocycles. The van der Waals surface area contributed by atoms with E-state index in [-0.39, 0.29) is 78.7 Å². The number of para-hydroxylation sites is 1. The number of rotatable bonds is 12. The van der Waals surface area contributed by atoms with Crippen LogP contribution in [-0.2, 0) is 55.7 Å². The molecule has 13 nitrogen and oxygen atoms in total. The van der Waals surface area contributed by atoms with E-state index in [0.717, 1.165) is 40.2 Å². The number of aromatic nitrogens is 4. The lowest BCUT2D eigenvalue weighted by Crippen LogP contribution is -2.47. The van der Waals surface area contributed by atoms with E-state index in [2.05, 4.69) is 58.0 Å². The lowest BCUT2D eigenvalue weighted by molar-refractivity contribution is -0.186. The number of nitrogens with zero attached hydrogens (tertiary/aromatic N) is 4. The van der Waals surface area contributed by atoms with Gasteiger partial charge in [0.05, 0.1) is 54.9 Å². The van der Waals surface area contributed by atoms with Crippen LogP contribution in [0, 0.1) is 11.6 Å². The van der Waals surface area contributed by atoms with E-state index in [1.54, 1.807) is 42.5 Å². The number of anilines is 1. The Morgan fingerprint density at radius 3 is 1.65 bits per heavy atom. The Hall–Kier alpha value is -6.01. The summed E-state index contributed by atoms with van der Waals surface area (Å²) in [6.07, 6.45) is 0.219. The fourth-order valence-electron chi connectivity index (χ4n) is 7.80. The van der Waals surface area contributed by atoms with E-state index in [0.29, 0.717) is 40.7 Å². The lowest BCUT2D eigenvalue weighted by Gasteiger charge is -2.36. The Balaban J connectivity index is 0.000000189. The predicted molar refractivity (Wildman–Crippen MR) is 285 cm³/mol. The molecule has 0 atom stereocenters. The predicted octanol–water partition coefficient (Wildman–Crippen LogP) is 11.3. The van der Waals surface area contributed by atoms with Crippen molar-refractivity contribution in [1.82, 2.24) is 19.6 Å². The molecular weight excluding hydrogens is 1010 g/mol. The van der Waals surface area contributed by atoms with Crippen LogP contribution in [0.4, 0.5) is 19.3 Å². The van der Waals surface area contributed by atoms with Crippen LogP contribution in [0.5, 0.6) is 5.75 Å². The smallest absolute Gasteiger partial charge is 0.410 e. The van der Waals surface area contributed by atoms with Crippen molar-refractivity contribution in [2.75, 3.05) is 31.7 Å². The van der Waals surface area contributed by atoms with Crippen molar-refractivity contribution in [2.24, 2.45) is 5.73 Å². The Morgan fingerprint density at radius 2 is 1.19 bits per heavy atom. The number of amides is 1. The molecule has 2 aromatic heterocycles. The summed E-state index contributed by atoms with van der Waals surface area (Å²) in [7, 11) is 0. The summed E-state index contributed by atoms with van der Waals surface area (Å²) in [4.78, 5) is 24.4. The van der Waals surface area contributed by atoms with Crippen molar-refractivity contribution in [3.8, 4) is 17.1 Å². The highest BCUT2D eigenvalue weighted by Gasteiger charge is 2.41. The van der Waals surface area contributed by atoms with E-state index in [1.165, 1.54) is 18.2 Å². The number of aryl methyl sites for hydroxylation is 1. The van der Waals surface area contributed by atoms with Gasteiger partial charge >= 0.3 is 6.09 Å². The van der Waals surface area contributed by atoms with Crippen molar-refractivity contribution in [1.29, 1.82) is 0 Å². The van der Waals surface area contributed by atoms with Gasteiger partial charge in [0.2, 0.25) is 0 Å². The molecule has 2 fully saturated rings. The van der Waals surface area contributed by atoms with Crippen LogP contribution >= 0.6 is 35.6 Å². The van der Waals surface area contributed by atoms with Gasteiger partial charge in [0, 0.05) is 62.8 Å². The molecule has 4 heterocycles. The largest absolute Gasteiger partial charge is 0.417 e. The number of nitrogens with one attached hydrogen (secondary N) is 1. The normalized spacial score (nSPS) is 14.4. The standard InChI is InChI=1S/C26H28ClFN2O3.C16H14FNO4.C14H18ClN3.ClH/c1-25(2,3)24-14-20(30(29-24)19-6-4-5-18(27)13-19)8-9-21(31)11-17-7-10-22(23(28)12-17)26(32)15-33-16-26;17-14-8-11(6-7-13(14)16(20)9-21-10-16)18-15(19)22-12-4-2-1-3-5-12;1-14(2,3)13-8-12(9-16)18(17-13)11-6-4-5-10(15)7-11;/h4-7,10,12-14,32H,8-9,11,15-16H2,1-3H3;1-8,20H,9-10H2,(H,18,19);4-8H,9,16H2,1-3H3;1H. The van der Waals surface area contributed by atoms with E-state index in [1.807, 2.05) is 64.0 Å². The highest BCUT2D eigenvalue weighted by atomic mass is 35.5. The van der Waals surface area contributed by atoms with E-state index >= 15 is 0 Å². The van der Waals surface area contributed by atoms with Crippen LogP contribution in [0.3, 0.4) is 0 Å². The number of ether oxygens (including phenoxy) is 3. The summed E-state index contributed by atoms with van der Waals surface area (Å²) in [5, 5.41) is 33.5. The average molecular weight is 1070 g/mol. The molecule has 74 heavy (non-hydrogen) atoms. The number of halogens is 5. The second-order valence-electron chi connectivity index (χ2n) is 20.1. The van der Waals surface area contributed by atoms with Crippen molar-refractivity contribution in [2.45, 2.75) is 89.4 Å². The van der Waals surface area contributed by atoms with Gasteiger partial charge in [0.25, 0.3) is 0 Å². The molecule has 0 aliphatic carbocycles. The summed E-state index contributed by atoms with van der Waals surface area (Å²) in [6, 6.07) is 36.3. The topological polar surface area (TPSA) is 176 Å². The Kier molecular flexibility index (Phi) is 18.7. The van der Waals surface area contributed by atoms with Crippen LogP contribution < -0.4 is 15.8 Å². The first-order valence-electron chi connectivity index (χ1n) is 23.7. The summed E-state index contributed by atoms with van der Waals surface area (Å²) in [5.41, 5.74) is 9.95. The number of benzene rings is 5. The Morgan fingerprint density at radius 1 is 0.689 bits per heavy atom. The van der Waals surface area contributed by atoms with Gasteiger partial charge < -0.3 is 30.2 Å². The molecule has 2 aliphatic heterocycles. The minimum absolute atomic E-state index is 0. The highest BCUT2D eigenvalue weighted by Crippen LogP contribution is 2.34. The molecule has 392 valence electrons. The van der Waals surface area contributed by atoms with Crippen LogP contribution in [0.15, 0.2) is 127 Å². The molecular formula is C56H61Cl3F2N6O7. The number of hydrogen-bond acceptors (Lipinski definition) is 10. The van der Waals surface area contributed by atoms with E-state index in [4.69, 9.17) is 48.2 Å². The van der Waals surface area contributed by atoms with Gasteiger partial charge in [-0.2, -0.15) is 10.2 Å². The third kappa shape index (κ3) is 14.4. The number of Topliss-reactive ketones (excluding diaryl/α,β-unsaturated/α-hetero) is 1. The third-order valence-electron chi connectivity index (χ3n) is 12.0. The fourth-order valence-corrected chi connectivity index (χ4v) is 8.17. The zero-order valence-electron chi connectivity index (χ0n) is 42.0. The summed E-state index contributed by atoms with van der Waals surface area (Å²) < 4.78 is 47.2. The Bertz CT molecular complexity index is 3060. The first-order chi connectivity index (χ1) is 34.5. The molecule has 0 spiro atoms. The lowest BCUT2D eigenvalue weighted by atomic mass is 9.90. The van der Waals surface area contributed by atoms with Gasteiger partial charge in [0.1, 0.15) is 34.4 Å². The van der Waals surface area contributed by atoms with Crippen LogP contribution in [0.1, 0.15) is 87.4 Å². The quantitative estimate of drug-likeness (QED) is 0.0921. The Labute approximate surface area is 446 Å². The zero-order valence-corrected chi connectivity index (χ0v) is 44.3. The SMILES string of the molecule is CC(C)(C)c1cc(CCC(=O)Cc2ccc(C3(O)COC3)c(F)c2)n(-c2cccc(Cl)c2)n1.CC(C)(C)c1cc(CN)n(-c2cccc(Cl)c2)n1.Cl.O=C(Nc1ccc(C2(O)COC2)c(F)c1)Oc1ccccc1. The van der Waals surface area contributed by atoms with Crippen molar-refractivity contribution < 1.29 is 42.8 Å². The second-order valence-corrected chi connectivity index (χ2v) is 21.0. The fraction of sp³-hybridized carbons (Fsp3) is 0.321. The molecule has 2 saturated heterocycles. The molecule has 0 unspecified atom stereocenters. The van der Waals surface area contributed by atoms with Crippen molar-refractivity contribution in [3.05, 3.63) is 189 Å². The number of carbonyl (C=O) groups is 2. The third-order valence-corrected chi connectivity index (χ3v) is 12.5. The maximum Gasteiger partial charge on any atom is 0.417 e. The highest BCUT2D eigenvalue weighted by molar-refractivity contribution is 6.31. The van der Waals surface area contributed by atoms with E-state index < -0.39 is 28.9 Å². The van der Waals surface area contributed by atoms with Crippen LogP contribution in [-0.4, -0.2) is 68.1 Å². The summed E-state index contributed by atoms with van der Waals surface area (Å²) >= 11 is 12.2.